The molecule has 3 rings (SSSR count). The van der Waals surface area contributed by atoms with Crippen molar-refractivity contribution in [1.82, 2.24) is 10.2 Å². The number of amides is 1. The molecule has 0 aromatic heterocycles. The van der Waals surface area contributed by atoms with Gasteiger partial charge in [0.05, 0.1) is 6.04 Å². The minimum Gasteiger partial charge on any atom is -0.396 e. The van der Waals surface area contributed by atoms with E-state index in [4.69, 9.17) is 0 Å². The van der Waals surface area contributed by atoms with E-state index in [9.17, 15) is 9.90 Å². The van der Waals surface area contributed by atoms with E-state index in [0.717, 1.165) is 51.6 Å². The first-order valence-corrected chi connectivity index (χ1v) is 9.45. The molecule has 1 unspecified atom stereocenters. The highest BCUT2D eigenvalue weighted by molar-refractivity contribution is 5.82. The van der Waals surface area contributed by atoms with Crippen LogP contribution in [-0.2, 0) is 11.3 Å². The predicted octanol–water partition coefficient (Wildman–Crippen LogP) is 2.71. The third kappa shape index (κ3) is 4.58. The van der Waals surface area contributed by atoms with Gasteiger partial charge in [-0.3, -0.25) is 9.69 Å². The molecule has 1 aliphatic carbocycles. The van der Waals surface area contributed by atoms with Crippen molar-refractivity contribution in [3.63, 3.8) is 0 Å². The molecule has 1 atom stereocenters. The largest absolute Gasteiger partial charge is 0.396 e. The number of hydrogen-bond acceptors (Lipinski definition) is 3. The maximum Gasteiger partial charge on any atom is 0.237 e. The van der Waals surface area contributed by atoms with Crippen LogP contribution in [-0.4, -0.2) is 41.1 Å². The van der Waals surface area contributed by atoms with Crippen molar-refractivity contribution in [2.45, 2.75) is 63.6 Å². The lowest BCUT2D eigenvalue weighted by Gasteiger charge is -2.36. The number of hydrogen-bond donors (Lipinski definition) is 2. The summed E-state index contributed by atoms with van der Waals surface area (Å²) in [5.41, 5.74) is 1.28. The van der Waals surface area contributed by atoms with E-state index in [-0.39, 0.29) is 18.6 Å². The van der Waals surface area contributed by atoms with Crippen LogP contribution in [0.3, 0.4) is 0 Å². The van der Waals surface area contributed by atoms with Gasteiger partial charge in [0.1, 0.15) is 0 Å². The quantitative estimate of drug-likeness (QED) is 0.873. The van der Waals surface area contributed by atoms with Gasteiger partial charge in [-0.1, -0.05) is 36.8 Å². The Morgan fingerprint density at radius 1 is 1.08 bits per heavy atom. The van der Waals surface area contributed by atoms with Crippen LogP contribution in [0, 0.1) is 5.92 Å². The van der Waals surface area contributed by atoms with Gasteiger partial charge in [0, 0.05) is 19.2 Å². The minimum absolute atomic E-state index is 0.00882. The summed E-state index contributed by atoms with van der Waals surface area (Å²) in [6.45, 7) is 2.15. The molecule has 1 aromatic rings. The Kier molecular flexibility index (Phi) is 6.27. The molecule has 2 N–H and O–H groups in total. The number of carbonyl (C=O) groups excluding carboxylic acids is 1. The Morgan fingerprint density at radius 3 is 2.54 bits per heavy atom. The molecular formula is C20H30N2O2. The molecule has 0 radical (unpaired) electrons. The summed E-state index contributed by atoms with van der Waals surface area (Å²) in [6, 6.07) is 10.7. The van der Waals surface area contributed by atoms with Crippen LogP contribution in [0.15, 0.2) is 30.3 Å². The first-order valence-electron chi connectivity index (χ1n) is 9.45. The van der Waals surface area contributed by atoms with E-state index in [0.29, 0.717) is 12.0 Å². The molecule has 2 aliphatic rings. The van der Waals surface area contributed by atoms with Crippen LogP contribution in [0.5, 0.6) is 0 Å². The number of nitrogens with zero attached hydrogens (tertiary/aromatic N) is 1. The molecule has 4 heteroatoms. The Balaban J connectivity index is 1.55. The van der Waals surface area contributed by atoms with E-state index in [1.807, 2.05) is 6.07 Å². The third-order valence-electron chi connectivity index (χ3n) is 5.60. The number of aliphatic hydroxyl groups excluding tert-OH is 1. The fraction of sp³-hybridized carbons (Fsp3) is 0.650. The zero-order chi connectivity index (χ0) is 16.8. The van der Waals surface area contributed by atoms with Gasteiger partial charge in [0.2, 0.25) is 5.91 Å². The zero-order valence-electron chi connectivity index (χ0n) is 14.5. The van der Waals surface area contributed by atoms with Crippen molar-refractivity contribution in [3.05, 3.63) is 35.9 Å². The van der Waals surface area contributed by atoms with E-state index >= 15 is 0 Å². The number of piperidine rings is 1. The molecule has 1 saturated carbocycles. The maximum atomic E-state index is 12.8. The Hall–Kier alpha value is -1.39. The molecule has 1 heterocycles. The maximum absolute atomic E-state index is 12.8. The first kappa shape index (κ1) is 17.4. The Labute approximate surface area is 145 Å². The van der Waals surface area contributed by atoms with Crippen LogP contribution in [0.25, 0.3) is 0 Å². The summed E-state index contributed by atoms with van der Waals surface area (Å²) in [4.78, 5) is 15.2. The van der Waals surface area contributed by atoms with Crippen molar-refractivity contribution < 1.29 is 9.90 Å². The van der Waals surface area contributed by atoms with Crippen LogP contribution >= 0.6 is 0 Å². The summed E-state index contributed by atoms with van der Waals surface area (Å²) in [6.07, 6.45) is 7.34. The predicted molar refractivity (Wildman–Crippen MR) is 95.5 cm³/mol. The average Bonchev–Trinajstić information content (AvgIpc) is 2.63. The molecule has 1 saturated heterocycles. The molecule has 0 bridgehead atoms. The molecule has 4 nitrogen and oxygen atoms in total. The first-order chi connectivity index (χ1) is 11.8. The molecule has 2 fully saturated rings. The number of likely N-dealkylation sites (tertiary alicyclic amines) is 1. The fourth-order valence-corrected chi connectivity index (χ4v) is 4.08. The van der Waals surface area contributed by atoms with Gasteiger partial charge in [0.25, 0.3) is 0 Å². The highest BCUT2D eigenvalue weighted by Crippen LogP contribution is 2.25. The molecule has 132 valence electrons. The third-order valence-corrected chi connectivity index (χ3v) is 5.60. The second-order valence-corrected chi connectivity index (χ2v) is 7.38. The van der Waals surface area contributed by atoms with Gasteiger partial charge < -0.3 is 10.4 Å². The Morgan fingerprint density at radius 2 is 1.83 bits per heavy atom. The molecule has 1 aromatic carbocycles. The van der Waals surface area contributed by atoms with Crippen molar-refractivity contribution >= 4 is 5.91 Å². The number of carbonyl (C=O) groups is 1. The summed E-state index contributed by atoms with van der Waals surface area (Å²) < 4.78 is 0. The molecular weight excluding hydrogens is 300 g/mol. The summed E-state index contributed by atoms with van der Waals surface area (Å²) in [7, 11) is 0. The zero-order valence-corrected chi connectivity index (χ0v) is 14.5. The van der Waals surface area contributed by atoms with Crippen LogP contribution in [0.1, 0.15) is 50.5 Å². The van der Waals surface area contributed by atoms with Gasteiger partial charge in [0.15, 0.2) is 0 Å². The van der Waals surface area contributed by atoms with Gasteiger partial charge >= 0.3 is 0 Å². The average molecular weight is 330 g/mol. The second-order valence-electron chi connectivity index (χ2n) is 7.38. The number of rotatable bonds is 5. The van der Waals surface area contributed by atoms with Crippen LogP contribution in [0.4, 0.5) is 0 Å². The van der Waals surface area contributed by atoms with Crippen LogP contribution < -0.4 is 5.32 Å². The summed E-state index contributed by atoms with van der Waals surface area (Å²) in [5.74, 6) is 0.639. The standard InChI is InChI=1S/C20H30N2O2/c23-15-17-9-11-18(12-10-17)21-20(24)19-8-4-5-13-22(19)14-16-6-2-1-3-7-16/h1-3,6-7,17-19,23H,4-5,8-15H2,(H,21,24). The Bertz CT molecular complexity index is 512. The van der Waals surface area contributed by atoms with E-state index in [1.54, 1.807) is 0 Å². The summed E-state index contributed by atoms with van der Waals surface area (Å²) >= 11 is 0. The minimum atomic E-state index is 0.00882. The molecule has 1 amide bonds. The fourth-order valence-electron chi connectivity index (χ4n) is 4.08. The summed E-state index contributed by atoms with van der Waals surface area (Å²) in [5, 5.41) is 12.5. The molecule has 24 heavy (non-hydrogen) atoms. The lowest BCUT2D eigenvalue weighted by atomic mass is 9.86. The molecule has 1 aliphatic heterocycles. The normalized spacial score (nSPS) is 28.5. The van der Waals surface area contributed by atoms with Crippen LogP contribution in [0.2, 0.25) is 0 Å². The van der Waals surface area contributed by atoms with Gasteiger partial charge in [-0.2, -0.15) is 0 Å². The van der Waals surface area contributed by atoms with E-state index < -0.39 is 0 Å². The number of benzene rings is 1. The SMILES string of the molecule is O=C(NC1CCC(CO)CC1)C1CCCCN1Cc1ccccc1. The highest BCUT2D eigenvalue weighted by atomic mass is 16.3. The number of aliphatic hydroxyl groups is 1. The van der Waals surface area contributed by atoms with Gasteiger partial charge in [-0.25, -0.2) is 0 Å². The van der Waals surface area contributed by atoms with Gasteiger partial charge in [-0.15, -0.1) is 0 Å². The molecule has 0 spiro atoms. The lowest BCUT2D eigenvalue weighted by Crippen LogP contribution is -2.51. The monoisotopic (exact) mass is 330 g/mol. The van der Waals surface area contributed by atoms with E-state index in [2.05, 4.69) is 34.5 Å². The van der Waals surface area contributed by atoms with Crippen molar-refractivity contribution in [2.24, 2.45) is 5.92 Å². The lowest BCUT2D eigenvalue weighted by molar-refractivity contribution is -0.129. The number of nitrogens with one attached hydrogen (secondary N) is 1. The van der Waals surface area contributed by atoms with Gasteiger partial charge in [-0.05, 0) is 56.6 Å². The smallest absolute Gasteiger partial charge is 0.237 e. The topological polar surface area (TPSA) is 52.6 Å². The van der Waals surface area contributed by atoms with Crippen molar-refractivity contribution in [1.29, 1.82) is 0 Å². The van der Waals surface area contributed by atoms with E-state index in [1.165, 1.54) is 12.0 Å². The highest BCUT2D eigenvalue weighted by Gasteiger charge is 2.31. The van der Waals surface area contributed by atoms with Crippen molar-refractivity contribution in [3.8, 4) is 0 Å². The second kappa shape index (κ2) is 8.63. The van der Waals surface area contributed by atoms with Crippen molar-refractivity contribution in [2.75, 3.05) is 13.2 Å².